The van der Waals surface area contributed by atoms with Crippen molar-refractivity contribution < 1.29 is 33.3 Å². The molecular formula is C30H25NO7. The van der Waals surface area contributed by atoms with E-state index in [9.17, 15) is 9.59 Å². The topological polar surface area (TPSA) is 85.2 Å². The van der Waals surface area contributed by atoms with Crippen LogP contribution in [0.15, 0.2) is 60.5 Å². The molecule has 6 rings (SSSR count). The van der Waals surface area contributed by atoms with Crippen molar-refractivity contribution in [3.05, 3.63) is 82.7 Å². The number of aromatic nitrogens is 1. The number of nitrogens with zero attached hydrogens (tertiary/aromatic N) is 1. The van der Waals surface area contributed by atoms with Gasteiger partial charge in [0.25, 0.3) is 0 Å². The first kappa shape index (κ1) is 23.7. The lowest BCUT2D eigenvalue weighted by Gasteiger charge is -2.28. The van der Waals surface area contributed by atoms with Crippen molar-refractivity contribution in [2.24, 2.45) is 7.05 Å². The average molecular weight is 512 g/mol. The fourth-order valence-corrected chi connectivity index (χ4v) is 5.33. The molecule has 1 aromatic heterocycles. The summed E-state index contributed by atoms with van der Waals surface area (Å²) in [5, 5.41) is 1.01. The van der Waals surface area contributed by atoms with E-state index in [1.54, 1.807) is 51.7 Å². The molecule has 0 fully saturated rings. The summed E-state index contributed by atoms with van der Waals surface area (Å²) in [6.45, 7) is 0. The molecule has 4 aromatic rings. The van der Waals surface area contributed by atoms with Crippen LogP contribution in [0, 0.1) is 0 Å². The number of rotatable bonds is 5. The van der Waals surface area contributed by atoms with E-state index in [0.717, 1.165) is 16.5 Å². The summed E-state index contributed by atoms with van der Waals surface area (Å²) in [6, 6.07) is 14.8. The highest BCUT2D eigenvalue weighted by Gasteiger charge is 2.40. The summed E-state index contributed by atoms with van der Waals surface area (Å²) in [4.78, 5) is 26.1. The molecule has 8 nitrogen and oxygen atoms in total. The van der Waals surface area contributed by atoms with Gasteiger partial charge in [0.1, 0.15) is 17.2 Å². The third kappa shape index (κ3) is 3.60. The minimum atomic E-state index is -0.499. The Bertz CT molecular complexity index is 1660. The van der Waals surface area contributed by atoms with Crippen LogP contribution in [0.1, 0.15) is 39.4 Å². The summed E-state index contributed by atoms with van der Waals surface area (Å²) < 4.78 is 30.5. The van der Waals surface area contributed by atoms with Gasteiger partial charge >= 0.3 is 5.97 Å². The van der Waals surface area contributed by atoms with Gasteiger partial charge in [-0.15, -0.1) is 0 Å². The molecule has 0 bridgehead atoms. The van der Waals surface area contributed by atoms with Crippen molar-refractivity contribution in [1.29, 1.82) is 0 Å². The van der Waals surface area contributed by atoms with E-state index in [4.69, 9.17) is 23.7 Å². The van der Waals surface area contributed by atoms with Gasteiger partial charge in [0.05, 0.1) is 33.3 Å². The summed E-state index contributed by atoms with van der Waals surface area (Å²) in [5.41, 5.74) is 3.64. The molecule has 1 atom stereocenters. The number of methoxy groups -OCH3 is 3. The number of ether oxygens (including phenoxy) is 5. The largest absolute Gasteiger partial charge is 0.496 e. The Kier molecular flexibility index (Phi) is 5.60. The van der Waals surface area contributed by atoms with E-state index < -0.39 is 11.9 Å². The van der Waals surface area contributed by atoms with Gasteiger partial charge in [-0.25, -0.2) is 0 Å². The van der Waals surface area contributed by atoms with Crippen molar-refractivity contribution in [3.63, 3.8) is 0 Å². The molecule has 192 valence electrons. The molecule has 2 aliphatic rings. The van der Waals surface area contributed by atoms with E-state index in [-0.39, 0.29) is 18.0 Å². The van der Waals surface area contributed by atoms with E-state index in [1.807, 2.05) is 42.1 Å². The number of fused-ring (bicyclic) bond motifs is 4. The third-order valence-corrected chi connectivity index (χ3v) is 7.11. The molecule has 8 heteroatoms. The van der Waals surface area contributed by atoms with E-state index in [1.165, 1.54) is 0 Å². The van der Waals surface area contributed by atoms with Crippen molar-refractivity contribution in [2.45, 2.75) is 12.3 Å². The number of carbonyl (C=O) groups excluding carboxylic acids is 2. The van der Waals surface area contributed by atoms with Crippen LogP contribution < -0.4 is 23.7 Å². The second-order valence-corrected chi connectivity index (χ2v) is 9.19. The summed E-state index contributed by atoms with van der Waals surface area (Å²) >= 11 is 0. The number of Topliss-reactive ketones (excluding diaryl/α,β-unsaturated/α-hetero) is 1. The Balaban J connectivity index is 1.49. The van der Waals surface area contributed by atoms with Crippen LogP contribution in [0.25, 0.3) is 17.0 Å². The van der Waals surface area contributed by atoms with Gasteiger partial charge in [-0.05, 0) is 30.3 Å². The molecule has 0 aliphatic carbocycles. The van der Waals surface area contributed by atoms with E-state index in [2.05, 4.69) is 0 Å². The minimum Gasteiger partial charge on any atom is -0.496 e. The molecule has 3 heterocycles. The molecule has 2 aliphatic heterocycles. The molecule has 0 spiro atoms. The summed E-state index contributed by atoms with van der Waals surface area (Å²) in [6.07, 6.45) is 3.76. The Morgan fingerprint density at radius 1 is 0.921 bits per heavy atom. The van der Waals surface area contributed by atoms with Crippen LogP contribution in [0.3, 0.4) is 0 Å². The number of hydrogen-bond acceptors (Lipinski definition) is 7. The van der Waals surface area contributed by atoms with Crippen LogP contribution in [0.5, 0.6) is 28.7 Å². The third-order valence-electron chi connectivity index (χ3n) is 7.11. The lowest BCUT2D eigenvalue weighted by Crippen LogP contribution is -2.22. The normalized spacial score (nSPS) is 17.2. The lowest BCUT2D eigenvalue weighted by atomic mass is 9.84. The average Bonchev–Trinajstić information content (AvgIpc) is 3.43. The van der Waals surface area contributed by atoms with Gasteiger partial charge in [0.2, 0.25) is 5.78 Å². The first-order valence-electron chi connectivity index (χ1n) is 12.1. The van der Waals surface area contributed by atoms with Crippen LogP contribution in [0.2, 0.25) is 0 Å². The zero-order chi connectivity index (χ0) is 26.6. The van der Waals surface area contributed by atoms with Crippen LogP contribution in [-0.2, 0) is 11.8 Å². The molecule has 0 amide bonds. The number of hydrogen-bond donors (Lipinski definition) is 0. The second kappa shape index (κ2) is 8.99. The number of carbonyl (C=O) groups is 2. The van der Waals surface area contributed by atoms with Crippen molar-refractivity contribution >= 4 is 28.7 Å². The maximum Gasteiger partial charge on any atom is 0.312 e. The zero-order valence-corrected chi connectivity index (χ0v) is 21.4. The SMILES string of the molecule is COc1cc(OC)c([C@@H]2CC(=O)Oc3ccc4c(c32)O/C(=C\c2cn(C)c3ccccc23)C4=O)cc1OC. The number of benzene rings is 3. The summed E-state index contributed by atoms with van der Waals surface area (Å²) in [5.74, 6) is 1.32. The standard InChI is InChI=1S/C30H25NO7/c1-31-15-16(17-7-5-6-8-21(17)31)11-26-29(33)18-9-10-22-28(30(18)38-26)20(13-27(32)37-22)19-12-24(35-3)25(36-4)14-23(19)34-2/h5-12,14-15,20H,13H2,1-4H3/b26-11-/t20-/m0/s1. The summed E-state index contributed by atoms with van der Waals surface area (Å²) in [7, 11) is 6.59. The maximum atomic E-state index is 13.5. The Hall–Kier alpha value is -4.72. The van der Waals surface area contributed by atoms with Gasteiger partial charge in [-0.3, -0.25) is 9.59 Å². The van der Waals surface area contributed by atoms with Crippen LogP contribution in [-0.4, -0.2) is 37.6 Å². The zero-order valence-electron chi connectivity index (χ0n) is 21.4. The van der Waals surface area contributed by atoms with Crippen LogP contribution in [0.4, 0.5) is 0 Å². The number of aryl methyl sites for hydroxylation is 1. The first-order valence-corrected chi connectivity index (χ1v) is 12.1. The number of esters is 1. The highest BCUT2D eigenvalue weighted by molar-refractivity contribution is 6.15. The Labute approximate surface area is 218 Å². The lowest BCUT2D eigenvalue weighted by molar-refractivity contribution is -0.135. The highest BCUT2D eigenvalue weighted by Crippen LogP contribution is 2.52. The second-order valence-electron chi connectivity index (χ2n) is 9.19. The minimum absolute atomic E-state index is 0.0369. The first-order chi connectivity index (χ1) is 18.4. The van der Waals surface area contributed by atoms with Crippen molar-refractivity contribution in [3.8, 4) is 28.7 Å². The van der Waals surface area contributed by atoms with Crippen molar-refractivity contribution in [2.75, 3.05) is 21.3 Å². The van der Waals surface area contributed by atoms with Gasteiger partial charge in [-0.2, -0.15) is 0 Å². The highest BCUT2D eigenvalue weighted by atomic mass is 16.5. The molecule has 3 aromatic carbocycles. The smallest absolute Gasteiger partial charge is 0.312 e. The Morgan fingerprint density at radius 2 is 1.66 bits per heavy atom. The fraction of sp³-hybridized carbons (Fsp3) is 0.200. The molecule has 0 radical (unpaired) electrons. The molecular weight excluding hydrogens is 486 g/mol. The maximum absolute atomic E-state index is 13.5. The van der Waals surface area contributed by atoms with Gasteiger partial charge in [-0.1, -0.05) is 18.2 Å². The molecule has 0 unspecified atom stereocenters. The van der Waals surface area contributed by atoms with E-state index in [0.29, 0.717) is 45.4 Å². The van der Waals surface area contributed by atoms with Gasteiger partial charge in [0, 0.05) is 52.8 Å². The predicted molar refractivity (Wildman–Crippen MR) is 140 cm³/mol. The number of para-hydroxylation sites is 1. The predicted octanol–water partition coefficient (Wildman–Crippen LogP) is 5.26. The van der Waals surface area contributed by atoms with E-state index >= 15 is 0 Å². The van der Waals surface area contributed by atoms with Gasteiger partial charge in [0.15, 0.2) is 17.3 Å². The number of allylic oxidation sites excluding steroid dienone is 1. The van der Waals surface area contributed by atoms with Crippen LogP contribution >= 0.6 is 0 Å². The van der Waals surface area contributed by atoms with Crippen molar-refractivity contribution in [1.82, 2.24) is 4.57 Å². The fourth-order valence-electron chi connectivity index (χ4n) is 5.33. The van der Waals surface area contributed by atoms with Gasteiger partial charge < -0.3 is 28.3 Å². The molecule has 38 heavy (non-hydrogen) atoms. The quantitative estimate of drug-likeness (QED) is 0.205. The Morgan fingerprint density at radius 3 is 2.42 bits per heavy atom. The number of ketones is 1. The molecule has 0 saturated heterocycles. The molecule has 0 saturated carbocycles. The monoisotopic (exact) mass is 511 g/mol. The molecule has 0 N–H and O–H groups in total.